The molecule has 0 spiro atoms. The van der Waals surface area contributed by atoms with Crippen molar-refractivity contribution >= 4 is 17.3 Å². The minimum atomic E-state index is -4.60. The number of benzene rings is 1. The molecule has 0 bridgehead atoms. The molecule has 2 aromatic rings. The number of nitrogens with one attached hydrogen (secondary N) is 1. The molecule has 1 unspecified atom stereocenters. The van der Waals surface area contributed by atoms with Crippen LogP contribution < -0.4 is 5.32 Å². The van der Waals surface area contributed by atoms with Crippen molar-refractivity contribution < 1.29 is 23.1 Å². The van der Waals surface area contributed by atoms with E-state index in [4.69, 9.17) is 0 Å². The number of thiazole rings is 1. The van der Waals surface area contributed by atoms with Gasteiger partial charge in [0.05, 0.1) is 10.6 Å². The lowest BCUT2D eigenvalue weighted by Crippen LogP contribution is -2.30. The van der Waals surface area contributed by atoms with Gasteiger partial charge < -0.3 is 5.11 Å². The Morgan fingerprint density at radius 1 is 1.41 bits per heavy atom. The number of alkyl halides is 3. The molecule has 1 aromatic carbocycles. The van der Waals surface area contributed by atoms with E-state index < -0.39 is 23.8 Å². The smallest absolute Gasteiger partial charge is 0.416 e. The molecule has 2 N–H and O–H groups in total. The predicted molar refractivity (Wildman–Crippen MR) is 75.5 cm³/mol. The van der Waals surface area contributed by atoms with E-state index in [1.54, 1.807) is 13.1 Å². The summed E-state index contributed by atoms with van der Waals surface area (Å²) >= 11 is 1.36. The number of nitrogens with zero attached hydrogens (tertiary/aromatic N) is 1. The molecule has 0 aliphatic rings. The van der Waals surface area contributed by atoms with Crippen LogP contribution in [0.1, 0.15) is 27.1 Å². The number of carbonyl (C=O) groups is 1. The standard InChI is InChI=1S/C14H13F3N2O2S/c1-8-18-6-9(22-8)7-19-12(13(20)21)10-4-2-3-5-11(10)14(15,16)17/h2-6,12,19H,7H2,1H3,(H,20,21). The van der Waals surface area contributed by atoms with Crippen LogP contribution in [0.2, 0.25) is 0 Å². The first-order valence-corrected chi connectivity index (χ1v) is 7.14. The second kappa shape index (κ2) is 6.45. The average Bonchev–Trinajstić information content (AvgIpc) is 2.84. The number of halogens is 3. The summed E-state index contributed by atoms with van der Waals surface area (Å²) in [6.45, 7) is 1.93. The summed E-state index contributed by atoms with van der Waals surface area (Å²) < 4.78 is 39.0. The molecule has 1 heterocycles. The summed E-state index contributed by atoms with van der Waals surface area (Å²) in [6.07, 6.45) is -3.03. The van der Waals surface area contributed by atoms with Crippen LogP contribution in [0.4, 0.5) is 13.2 Å². The van der Waals surface area contributed by atoms with Crippen molar-refractivity contribution in [3.8, 4) is 0 Å². The van der Waals surface area contributed by atoms with E-state index in [0.717, 1.165) is 16.0 Å². The van der Waals surface area contributed by atoms with E-state index in [2.05, 4.69) is 10.3 Å². The van der Waals surface area contributed by atoms with Crippen molar-refractivity contribution in [3.05, 3.63) is 51.5 Å². The largest absolute Gasteiger partial charge is 0.480 e. The van der Waals surface area contributed by atoms with Crippen molar-refractivity contribution in [1.29, 1.82) is 0 Å². The maximum absolute atomic E-state index is 13.0. The maximum atomic E-state index is 13.0. The first kappa shape index (κ1) is 16.4. The molecule has 2 rings (SSSR count). The average molecular weight is 330 g/mol. The van der Waals surface area contributed by atoms with E-state index in [1.165, 1.54) is 29.5 Å². The van der Waals surface area contributed by atoms with Crippen LogP contribution >= 0.6 is 11.3 Å². The normalized spacial score (nSPS) is 13.1. The zero-order chi connectivity index (χ0) is 16.3. The third kappa shape index (κ3) is 3.83. The van der Waals surface area contributed by atoms with Gasteiger partial charge >= 0.3 is 12.1 Å². The first-order chi connectivity index (χ1) is 10.3. The van der Waals surface area contributed by atoms with E-state index in [1.807, 2.05) is 0 Å². The molecule has 0 amide bonds. The fourth-order valence-corrected chi connectivity index (χ4v) is 2.77. The number of hydrogen-bond acceptors (Lipinski definition) is 4. The number of rotatable bonds is 5. The van der Waals surface area contributed by atoms with Gasteiger partial charge in [-0.15, -0.1) is 11.3 Å². The van der Waals surface area contributed by atoms with Crippen molar-refractivity contribution in [3.63, 3.8) is 0 Å². The van der Waals surface area contributed by atoms with Crippen LogP contribution in [0.5, 0.6) is 0 Å². The van der Waals surface area contributed by atoms with E-state index >= 15 is 0 Å². The van der Waals surface area contributed by atoms with Gasteiger partial charge in [0.15, 0.2) is 0 Å². The number of carboxylic acid groups (broad SMARTS) is 1. The van der Waals surface area contributed by atoms with Gasteiger partial charge in [0.2, 0.25) is 0 Å². The molecular formula is C14H13F3N2O2S. The number of aromatic nitrogens is 1. The summed E-state index contributed by atoms with van der Waals surface area (Å²) in [7, 11) is 0. The lowest BCUT2D eigenvalue weighted by atomic mass is 10.00. The molecule has 22 heavy (non-hydrogen) atoms. The topological polar surface area (TPSA) is 62.2 Å². The molecule has 1 atom stereocenters. The van der Waals surface area contributed by atoms with Crippen molar-refractivity contribution in [2.24, 2.45) is 0 Å². The third-order valence-corrected chi connectivity index (χ3v) is 3.89. The lowest BCUT2D eigenvalue weighted by Gasteiger charge is -2.19. The monoisotopic (exact) mass is 330 g/mol. The fourth-order valence-electron chi connectivity index (χ4n) is 2.03. The van der Waals surface area contributed by atoms with Crippen molar-refractivity contribution in [2.45, 2.75) is 25.7 Å². The highest BCUT2D eigenvalue weighted by atomic mass is 32.1. The molecule has 0 aliphatic heterocycles. The summed E-state index contributed by atoms with van der Waals surface area (Å²) in [5, 5.41) is 12.7. The summed E-state index contributed by atoms with van der Waals surface area (Å²) in [5.41, 5.74) is -1.25. The Morgan fingerprint density at radius 3 is 2.64 bits per heavy atom. The van der Waals surface area contributed by atoms with Crippen LogP contribution in [-0.4, -0.2) is 16.1 Å². The number of aliphatic carboxylic acids is 1. The SMILES string of the molecule is Cc1ncc(CNC(C(=O)O)c2ccccc2C(F)(F)F)s1. The van der Waals surface area contributed by atoms with Crippen LogP contribution in [-0.2, 0) is 17.5 Å². The van der Waals surface area contributed by atoms with E-state index in [-0.39, 0.29) is 12.1 Å². The van der Waals surface area contributed by atoms with Gasteiger partial charge in [-0.2, -0.15) is 13.2 Å². The molecule has 4 nitrogen and oxygen atoms in total. The van der Waals surface area contributed by atoms with Gasteiger partial charge in [-0.1, -0.05) is 18.2 Å². The molecule has 0 saturated heterocycles. The minimum Gasteiger partial charge on any atom is -0.480 e. The molecule has 0 saturated carbocycles. The molecule has 118 valence electrons. The number of hydrogen-bond donors (Lipinski definition) is 2. The molecular weight excluding hydrogens is 317 g/mol. The van der Waals surface area contributed by atoms with E-state index in [0.29, 0.717) is 0 Å². The number of aryl methyl sites for hydroxylation is 1. The number of carboxylic acids is 1. The summed E-state index contributed by atoms with van der Waals surface area (Å²) in [4.78, 5) is 16.1. The first-order valence-electron chi connectivity index (χ1n) is 6.32. The second-order valence-corrected chi connectivity index (χ2v) is 5.90. The van der Waals surface area contributed by atoms with Crippen molar-refractivity contribution in [2.75, 3.05) is 0 Å². The lowest BCUT2D eigenvalue weighted by molar-refractivity contribution is -0.142. The van der Waals surface area contributed by atoms with Gasteiger partial charge in [-0.3, -0.25) is 10.1 Å². The Bertz CT molecular complexity index is 670. The highest BCUT2D eigenvalue weighted by Gasteiger charge is 2.36. The Labute approximate surface area is 128 Å². The van der Waals surface area contributed by atoms with Crippen molar-refractivity contribution in [1.82, 2.24) is 10.3 Å². The van der Waals surface area contributed by atoms with Crippen LogP contribution in [0, 0.1) is 6.92 Å². The molecule has 0 radical (unpaired) electrons. The molecule has 1 aromatic heterocycles. The predicted octanol–water partition coefficient (Wildman–Crippen LogP) is 3.39. The molecule has 8 heteroatoms. The van der Waals surface area contributed by atoms with Crippen LogP contribution in [0.3, 0.4) is 0 Å². The Balaban J connectivity index is 2.27. The van der Waals surface area contributed by atoms with Gasteiger partial charge in [0.25, 0.3) is 0 Å². The van der Waals surface area contributed by atoms with Crippen LogP contribution in [0.25, 0.3) is 0 Å². The Kier molecular flexibility index (Phi) is 4.82. The molecule has 0 aliphatic carbocycles. The Morgan fingerprint density at radius 2 is 2.09 bits per heavy atom. The highest BCUT2D eigenvalue weighted by Crippen LogP contribution is 2.34. The fraction of sp³-hybridized carbons (Fsp3) is 0.286. The van der Waals surface area contributed by atoms with Gasteiger partial charge in [0, 0.05) is 17.6 Å². The second-order valence-electron chi connectivity index (χ2n) is 4.58. The minimum absolute atomic E-state index is 0.134. The maximum Gasteiger partial charge on any atom is 0.416 e. The zero-order valence-corrected chi connectivity index (χ0v) is 12.3. The van der Waals surface area contributed by atoms with Gasteiger partial charge in [0.1, 0.15) is 6.04 Å². The quantitative estimate of drug-likeness (QED) is 0.882. The third-order valence-electron chi connectivity index (χ3n) is 2.97. The van der Waals surface area contributed by atoms with E-state index in [9.17, 15) is 23.1 Å². The summed E-state index contributed by atoms with van der Waals surface area (Å²) in [6, 6.07) is 3.23. The zero-order valence-electron chi connectivity index (χ0n) is 11.5. The Hall–Kier alpha value is -1.93. The summed E-state index contributed by atoms with van der Waals surface area (Å²) in [5.74, 6) is -1.36. The van der Waals surface area contributed by atoms with Crippen LogP contribution in [0.15, 0.2) is 30.5 Å². The van der Waals surface area contributed by atoms with Gasteiger partial charge in [-0.05, 0) is 18.6 Å². The highest BCUT2D eigenvalue weighted by molar-refractivity contribution is 7.11. The molecule has 0 fully saturated rings. The van der Waals surface area contributed by atoms with Gasteiger partial charge in [-0.25, -0.2) is 4.98 Å².